The van der Waals surface area contributed by atoms with Crippen LogP contribution in [-0.2, 0) is 20.6 Å². The van der Waals surface area contributed by atoms with Gasteiger partial charge in [0.15, 0.2) is 11.5 Å². The van der Waals surface area contributed by atoms with Crippen molar-refractivity contribution in [3.63, 3.8) is 0 Å². The minimum absolute atomic E-state index is 0.0785. The summed E-state index contributed by atoms with van der Waals surface area (Å²) in [4.78, 5) is 41.1. The highest BCUT2D eigenvalue weighted by Crippen LogP contribution is 2.36. The summed E-state index contributed by atoms with van der Waals surface area (Å²) in [6, 6.07) is 6.32. The maximum Gasteiger partial charge on any atom is 0.332 e. The maximum atomic E-state index is 12.6. The summed E-state index contributed by atoms with van der Waals surface area (Å²) in [6.45, 7) is 2.44. The van der Waals surface area contributed by atoms with E-state index in [1.165, 1.54) is 37.9 Å². The largest absolute Gasteiger partial charge is 0.493 e. The van der Waals surface area contributed by atoms with Crippen molar-refractivity contribution >= 4 is 28.5 Å². The lowest BCUT2D eigenvalue weighted by Crippen LogP contribution is -2.37. The van der Waals surface area contributed by atoms with E-state index in [1.807, 2.05) is 6.92 Å². The molecule has 0 atom stereocenters. The first-order valence-electron chi connectivity index (χ1n) is 9.12. The first kappa shape index (κ1) is 21.4. The normalized spacial score (nSPS) is 10.8. The molecule has 10 heteroatoms. The van der Waals surface area contributed by atoms with E-state index in [-0.39, 0.29) is 23.3 Å². The molecule has 2 heterocycles. The van der Waals surface area contributed by atoms with Crippen molar-refractivity contribution in [2.75, 3.05) is 13.7 Å². The molecule has 0 saturated heterocycles. The molecule has 3 rings (SSSR count). The first-order chi connectivity index (χ1) is 14.3. The number of hydrogen-bond donors (Lipinski definition) is 1. The number of rotatable bonds is 6. The van der Waals surface area contributed by atoms with Crippen molar-refractivity contribution in [2.24, 2.45) is 14.1 Å². The first-order valence-corrected chi connectivity index (χ1v) is 9.50. The van der Waals surface area contributed by atoms with Crippen LogP contribution in [0.4, 0.5) is 0 Å². The number of amides is 1. The van der Waals surface area contributed by atoms with Gasteiger partial charge in [0.2, 0.25) is 0 Å². The summed E-state index contributed by atoms with van der Waals surface area (Å²) in [6.07, 6.45) is 0. The van der Waals surface area contributed by atoms with Gasteiger partial charge >= 0.3 is 5.69 Å². The van der Waals surface area contributed by atoms with Crippen LogP contribution >= 0.6 is 11.6 Å². The van der Waals surface area contributed by atoms with Crippen LogP contribution in [-0.4, -0.2) is 33.7 Å². The predicted molar refractivity (Wildman–Crippen MR) is 113 cm³/mol. The van der Waals surface area contributed by atoms with Gasteiger partial charge in [0, 0.05) is 20.6 Å². The van der Waals surface area contributed by atoms with Crippen LogP contribution in [0.5, 0.6) is 11.5 Å². The topological polar surface area (TPSA) is 104 Å². The highest BCUT2D eigenvalue weighted by Gasteiger charge is 2.15. The Kier molecular flexibility index (Phi) is 6.12. The van der Waals surface area contributed by atoms with Crippen LogP contribution in [0.3, 0.4) is 0 Å². The number of carbonyl (C=O) groups is 1. The monoisotopic (exact) mass is 432 g/mol. The third-order valence-corrected chi connectivity index (χ3v) is 4.85. The van der Waals surface area contributed by atoms with Crippen LogP contribution < -0.4 is 26.0 Å². The molecule has 1 aromatic carbocycles. The number of methoxy groups -OCH3 is 1. The van der Waals surface area contributed by atoms with E-state index in [0.29, 0.717) is 28.7 Å². The van der Waals surface area contributed by atoms with Crippen LogP contribution in [0, 0.1) is 0 Å². The quantitative estimate of drug-likeness (QED) is 0.634. The van der Waals surface area contributed by atoms with Gasteiger partial charge in [-0.15, -0.1) is 0 Å². The molecule has 0 aliphatic heterocycles. The number of hydrogen-bond acceptors (Lipinski definition) is 6. The molecule has 1 amide bonds. The highest BCUT2D eigenvalue weighted by atomic mass is 35.5. The highest BCUT2D eigenvalue weighted by molar-refractivity contribution is 6.32. The second kappa shape index (κ2) is 8.58. The molecule has 1 N–H and O–H groups in total. The summed E-state index contributed by atoms with van der Waals surface area (Å²) in [5, 5.41) is 3.36. The number of carbonyl (C=O) groups excluding carboxylic acids is 1. The molecular formula is C20H21ClN4O5. The van der Waals surface area contributed by atoms with Crippen molar-refractivity contribution in [2.45, 2.75) is 13.5 Å². The van der Waals surface area contributed by atoms with E-state index in [0.717, 1.165) is 4.57 Å². The molecule has 0 spiro atoms. The zero-order valence-electron chi connectivity index (χ0n) is 17.0. The Labute approximate surface area is 176 Å². The minimum Gasteiger partial charge on any atom is -0.493 e. The number of aryl methyl sites for hydroxylation is 1. The number of benzene rings is 1. The van der Waals surface area contributed by atoms with Gasteiger partial charge in [-0.1, -0.05) is 11.6 Å². The molecular weight excluding hydrogens is 412 g/mol. The van der Waals surface area contributed by atoms with Crippen molar-refractivity contribution < 1.29 is 14.3 Å². The average molecular weight is 433 g/mol. The van der Waals surface area contributed by atoms with Crippen LogP contribution in [0.1, 0.15) is 23.0 Å². The number of halogens is 1. The van der Waals surface area contributed by atoms with Crippen LogP contribution in [0.2, 0.25) is 5.02 Å². The number of nitrogens with zero attached hydrogens (tertiary/aromatic N) is 3. The average Bonchev–Trinajstić information content (AvgIpc) is 2.75. The van der Waals surface area contributed by atoms with Gasteiger partial charge in [0.1, 0.15) is 11.3 Å². The summed E-state index contributed by atoms with van der Waals surface area (Å²) in [5.41, 5.74) is -0.0654. The van der Waals surface area contributed by atoms with Gasteiger partial charge in [-0.25, -0.2) is 9.78 Å². The Morgan fingerprint density at radius 1 is 1.20 bits per heavy atom. The minimum atomic E-state index is -0.520. The molecule has 30 heavy (non-hydrogen) atoms. The molecule has 0 saturated carbocycles. The Morgan fingerprint density at radius 2 is 1.93 bits per heavy atom. The summed E-state index contributed by atoms with van der Waals surface area (Å²) < 4.78 is 13.0. The zero-order valence-corrected chi connectivity index (χ0v) is 17.7. The van der Waals surface area contributed by atoms with E-state index < -0.39 is 17.2 Å². The number of fused-ring (bicyclic) bond motifs is 1. The van der Waals surface area contributed by atoms with Gasteiger partial charge in [0.05, 0.1) is 24.1 Å². The van der Waals surface area contributed by atoms with Gasteiger partial charge in [-0.2, -0.15) is 0 Å². The molecule has 0 radical (unpaired) electrons. The van der Waals surface area contributed by atoms with Gasteiger partial charge < -0.3 is 14.8 Å². The lowest BCUT2D eigenvalue weighted by atomic mass is 10.2. The second-order valence-corrected chi connectivity index (χ2v) is 6.91. The number of pyridine rings is 1. The molecule has 3 aromatic rings. The van der Waals surface area contributed by atoms with E-state index in [9.17, 15) is 14.4 Å². The van der Waals surface area contributed by atoms with E-state index in [4.69, 9.17) is 21.1 Å². The van der Waals surface area contributed by atoms with Gasteiger partial charge in [-0.05, 0) is 36.8 Å². The lowest BCUT2D eigenvalue weighted by Gasteiger charge is -2.13. The lowest BCUT2D eigenvalue weighted by molar-refractivity contribution is 0.0946. The maximum absolute atomic E-state index is 12.6. The van der Waals surface area contributed by atoms with E-state index in [2.05, 4.69) is 10.3 Å². The molecule has 158 valence electrons. The van der Waals surface area contributed by atoms with Crippen molar-refractivity contribution in [1.82, 2.24) is 19.4 Å². The van der Waals surface area contributed by atoms with Gasteiger partial charge in [-0.3, -0.25) is 18.7 Å². The molecule has 0 aliphatic carbocycles. The Bertz CT molecular complexity index is 1250. The standard InChI is InChI=1S/C20H21ClN4O5/c1-5-30-16-13(21)8-11(9-15(16)29-4)10-22-18(26)14-7-6-12-17(23-14)24(2)20(28)25(3)19(12)27/h6-9H,5,10H2,1-4H3,(H,22,26). The van der Waals surface area contributed by atoms with Crippen molar-refractivity contribution in [1.29, 1.82) is 0 Å². The molecule has 0 fully saturated rings. The third kappa shape index (κ3) is 3.88. The number of nitrogens with one attached hydrogen (secondary N) is 1. The summed E-state index contributed by atoms with van der Waals surface area (Å²) >= 11 is 6.26. The van der Waals surface area contributed by atoms with E-state index in [1.54, 1.807) is 12.1 Å². The van der Waals surface area contributed by atoms with Crippen molar-refractivity contribution in [3.05, 3.63) is 61.4 Å². The summed E-state index contributed by atoms with van der Waals surface area (Å²) in [5.74, 6) is 0.438. The number of ether oxygens (including phenoxy) is 2. The molecule has 9 nitrogen and oxygen atoms in total. The molecule has 0 unspecified atom stereocenters. The Morgan fingerprint density at radius 3 is 2.60 bits per heavy atom. The Hall–Kier alpha value is -3.33. The van der Waals surface area contributed by atoms with Gasteiger partial charge in [0.25, 0.3) is 11.5 Å². The predicted octanol–water partition coefficient (Wildman–Crippen LogP) is 1.62. The van der Waals surface area contributed by atoms with Crippen LogP contribution in [0.15, 0.2) is 33.9 Å². The number of aromatic nitrogens is 3. The zero-order chi connectivity index (χ0) is 22.0. The molecule has 2 aromatic heterocycles. The fourth-order valence-electron chi connectivity index (χ4n) is 3.01. The van der Waals surface area contributed by atoms with Crippen LogP contribution in [0.25, 0.3) is 11.0 Å². The fourth-order valence-corrected chi connectivity index (χ4v) is 3.30. The summed E-state index contributed by atoms with van der Waals surface area (Å²) in [7, 11) is 4.39. The SMILES string of the molecule is CCOc1c(Cl)cc(CNC(=O)c2ccc3c(=O)n(C)c(=O)n(C)c3n2)cc1OC. The van der Waals surface area contributed by atoms with E-state index >= 15 is 0 Å². The third-order valence-electron chi connectivity index (χ3n) is 4.57. The fraction of sp³-hybridized carbons (Fsp3) is 0.300. The Balaban J connectivity index is 1.87. The molecule has 0 bridgehead atoms. The molecule has 0 aliphatic rings. The van der Waals surface area contributed by atoms with Crippen molar-refractivity contribution in [3.8, 4) is 11.5 Å². The smallest absolute Gasteiger partial charge is 0.332 e. The second-order valence-electron chi connectivity index (χ2n) is 6.50.